The molecular weight excluding hydrogens is 230 g/mol. The lowest BCUT2D eigenvalue weighted by atomic mass is 10.1. The van der Waals surface area contributed by atoms with Gasteiger partial charge in [0.15, 0.2) is 11.5 Å². The number of hydrogen-bond donors (Lipinski definition) is 1. The number of carbonyl (C=O) groups excluding carboxylic acids is 1. The highest BCUT2D eigenvalue weighted by molar-refractivity contribution is 5.97. The standard InChI is InChI=1S/C13H23N3O2/c1-9(2)16-13(12(18-4)8-15-16)11(17)7-5-6-10(3)14/h8-10H,5-7,14H2,1-4H3. The van der Waals surface area contributed by atoms with Gasteiger partial charge in [-0.2, -0.15) is 5.10 Å². The third kappa shape index (κ3) is 3.57. The second-order valence-electron chi connectivity index (χ2n) is 4.89. The number of methoxy groups -OCH3 is 1. The molecule has 0 aliphatic heterocycles. The molecule has 0 aliphatic carbocycles. The van der Waals surface area contributed by atoms with Crippen LogP contribution in [0.2, 0.25) is 0 Å². The first-order chi connectivity index (χ1) is 8.47. The Morgan fingerprint density at radius 2 is 2.17 bits per heavy atom. The van der Waals surface area contributed by atoms with Gasteiger partial charge >= 0.3 is 0 Å². The fourth-order valence-corrected chi connectivity index (χ4v) is 1.86. The van der Waals surface area contributed by atoms with Crippen molar-refractivity contribution in [3.63, 3.8) is 0 Å². The highest BCUT2D eigenvalue weighted by atomic mass is 16.5. The molecule has 0 aliphatic rings. The van der Waals surface area contributed by atoms with Gasteiger partial charge in [0.25, 0.3) is 0 Å². The van der Waals surface area contributed by atoms with E-state index < -0.39 is 0 Å². The number of carbonyl (C=O) groups is 1. The lowest BCUT2D eigenvalue weighted by molar-refractivity contribution is 0.0963. The number of ether oxygens (including phenoxy) is 1. The monoisotopic (exact) mass is 253 g/mol. The van der Waals surface area contributed by atoms with E-state index in [-0.39, 0.29) is 17.9 Å². The van der Waals surface area contributed by atoms with Crippen LogP contribution in [-0.2, 0) is 0 Å². The van der Waals surface area contributed by atoms with E-state index in [9.17, 15) is 4.79 Å². The molecule has 1 aromatic heterocycles. The van der Waals surface area contributed by atoms with Gasteiger partial charge in [0.2, 0.25) is 0 Å². The molecule has 5 heteroatoms. The number of nitrogens with two attached hydrogens (primary N) is 1. The van der Waals surface area contributed by atoms with Crippen molar-refractivity contribution >= 4 is 5.78 Å². The van der Waals surface area contributed by atoms with E-state index in [0.29, 0.717) is 17.9 Å². The Labute approximate surface area is 108 Å². The van der Waals surface area contributed by atoms with Crippen LogP contribution < -0.4 is 10.5 Å². The molecule has 0 saturated heterocycles. The van der Waals surface area contributed by atoms with Crippen molar-refractivity contribution in [2.45, 2.75) is 52.1 Å². The molecular formula is C13H23N3O2. The van der Waals surface area contributed by atoms with Crippen LogP contribution in [0.4, 0.5) is 0 Å². The molecule has 0 bridgehead atoms. The predicted molar refractivity (Wildman–Crippen MR) is 71.0 cm³/mol. The highest BCUT2D eigenvalue weighted by Crippen LogP contribution is 2.23. The summed E-state index contributed by atoms with van der Waals surface area (Å²) < 4.78 is 6.91. The van der Waals surface area contributed by atoms with Crippen LogP contribution in [0.15, 0.2) is 6.20 Å². The van der Waals surface area contributed by atoms with Crippen molar-refractivity contribution < 1.29 is 9.53 Å². The van der Waals surface area contributed by atoms with Gasteiger partial charge in [0, 0.05) is 18.5 Å². The normalized spacial score (nSPS) is 12.8. The molecule has 0 radical (unpaired) electrons. The molecule has 102 valence electrons. The minimum atomic E-state index is 0.0682. The van der Waals surface area contributed by atoms with Gasteiger partial charge in [-0.25, -0.2) is 0 Å². The zero-order chi connectivity index (χ0) is 13.7. The topological polar surface area (TPSA) is 70.1 Å². The van der Waals surface area contributed by atoms with Crippen LogP contribution in [0.5, 0.6) is 5.75 Å². The Morgan fingerprint density at radius 1 is 1.50 bits per heavy atom. The van der Waals surface area contributed by atoms with Crippen molar-refractivity contribution in [3.05, 3.63) is 11.9 Å². The maximum atomic E-state index is 12.2. The fraction of sp³-hybridized carbons (Fsp3) is 0.692. The third-order valence-electron chi connectivity index (χ3n) is 2.80. The van der Waals surface area contributed by atoms with E-state index in [4.69, 9.17) is 10.5 Å². The number of rotatable bonds is 7. The SMILES string of the molecule is COc1cnn(C(C)C)c1C(=O)CCCC(C)N. The summed E-state index contributed by atoms with van der Waals surface area (Å²) in [6.07, 6.45) is 3.72. The van der Waals surface area contributed by atoms with Crippen LogP contribution in [0.1, 0.15) is 56.6 Å². The molecule has 1 aromatic rings. The molecule has 1 atom stereocenters. The Kier molecular flexibility index (Phi) is 5.34. The van der Waals surface area contributed by atoms with E-state index >= 15 is 0 Å². The largest absolute Gasteiger partial charge is 0.493 e. The number of Topliss-reactive ketones (excluding diaryl/α,β-unsaturated/α-hetero) is 1. The summed E-state index contributed by atoms with van der Waals surface area (Å²) in [4.78, 5) is 12.2. The van der Waals surface area contributed by atoms with Crippen molar-refractivity contribution in [1.82, 2.24) is 9.78 Å². The summed E-state index contributed by atoms with van der Waals surface area (Å²) in [5, 5.41) is 4.20. The average Bonchev–Trinajstić information content (AvgIpc) is 2.71. The van der Waals surface area contributed by atoms with Crippen LogP contribution in [0.25, 0.3) is 0 Å². The molecule has 0 aromatic carbocycles. The number of nitrogens with zero attached hydrogens (tertiary/aromatic N) is 2. The van der Waals surface area contributed by atoms with Gasteiger partial charge in [0.05, 0.1) is 13.3 Å². The zero-order valence-electron chi connectivity index (χ0n) is 11.6. The first kappa shape index (κ1) is 14.7. The van der Waals surface area contributed by atoms with E-state index in [1.54, 1.807) is 18.0 Å². The third-order valence-corrected chi connectivity index (χ3v) is 2.80. The molecule has 0 spiro atoms. The van der Waals surface area contributed by atoms with Crippen molar-refractivity contribution in [1.29, 1.82) is 0 Å². The fourth-order valence-electron chi connectivity index (χ4n) is 1.86. The summed E-state index contributed by atoms with van der Waals surface area (Å²) >= 11 is 0. The molecule has 1 rings (SSSR count). The maximum absolute atomic E-state index is 12.2. The smallest absolute Gasteiger partial charge is 0.184 e. The molecule has 1 heterocycles. The van der Waals surface area contributed by atoms with Crippen LogP contribution >= 0.6 is 0 Å². The molecule has 2 N–H and O–H groups in total. The molecule has 1 unspecified atom stereocenters. The van der Waals surface area contributed by atoms with Gasteiger partial charge in [-0.15, -0.1) is 0 Å². The summed E-state index contributed by atoms with van der Waals surface area (Å²) in [6, 6.07) is 0.274. The van der Waals surface area contributed by atoms with Crippen molar-refractivity contribution in [2.75, 3.05) is 7.11 Å². The Bertz CT molecular complexity index is 397. The van der Waals surface area contributed by atoms with E-state index in [1.165, 1.54) is 0 Å². The second kappa shape index (κ2) is 6.54. The van der Waals surface area contributed by atoms with Crippen LogP contribution in [0, 0.1) is 0 Å². The number of hydrogen-bond acceptors (Lipinski definition) is 4. The molecule has 0 fully saturated rings. The van der Waals surface area contributed by atoms with Crippen LogP contribution in [-0.4, -0.2) is 28.7 Å². The summed E-state index contributed by atoms with van der Waals surface area (Å²) in [6.45, 7) is 5.93. The predicted octanol–water partition coefficient (Wildman–Crippen LogP) is 2.17. The van der Waals surface area contributed by atoms with Crippen molar-refractivity contribution in [2.24, 2.45) is 5.73 Å². The summed E-state index contributed by atoms with van der Waals surface area (Å²) in [5.41, 5.74) is 6.24. The van der Waals surface area contributed by atoms with Crippen LogP contribution in [0.3, 0.4) is 0 Å². The molecule has 18 heavy (non-hydrogen) atoms. The van der Waals surface area contributed by atoms with E-state index in [1.807, 2.05) is 20.8 Å². The summed E-state index contributed by atoms with van der Waals surface area (Å²) in [7, 11) is 1.56. The lowest BCUT2D eigenvalue weighted by Gasteiger charge is -2.11. The second-order valence-corrected chi connectivity index (χ2v) is 4.89. The average molecular weight is 253 g/mol. The van der Waals surface area contributed by atoms with E-state index in [0.717, 1.165) is 12.8 Å². The molecule has 5 nitrogen and oxygen atoms in total. The van der Waals surface area contributed by atoms with Gasteiger partial charge in [-0.3, -0.25) is 9.48 Å². The summed E-state index contributed by atoms with van der Waals surface area (Å²) in [5.74, 6) is 0.619. The first-order valence-corrected chi connectivity index (χ1v) is 6.37. The quantitative estimate of drug-likeness (QED) is 0.756. The molecule has 0 saturated carbocycles. The minimum Gasteiger partial charge on any atom is -0.493 e. The van der Waals surface area contributed by atoms with Gasteiger partial charge in [0.1, 0.15) is 5.69 Å². The highest BCUT2D eigenvalue weighted by Gasteiger charge is 2.20. The van der Waals surface area contributed by atoms with Crippen molar-refractivity contribution in [3.8, 4) is 5.75 Å². The number of ketones is 1. The van der Waals surface area contributed by atoms with Gasteiger partial charge in [-0.05, 0) is 33.6 Å². The Balaban J connectivity index is 2.79. The Morgan fingerprint density at radius 3 is 2.67 bits per heavy atom. The molecule has 0 amide bonds. The maximum Gasteiger partial charge on any atom is 0.184 e. The zero-order valence-corrected chi connectivity index (χ0v) is 11.6. The first-order valence-electron chi connectivity index (χ1n) is 6.37. The van der Waals surface area contributed by atoms with Gasteiger partial charge in [-0.1, -0.05) is 0 Å². The van der Waals surface area contributed by atoms with Gasteiger partial charge < -0.3 is 10.5 Å². The Hall–Kier alpha value is -1.36. The number of aromatic nitrogens is 2. The lowest BCUT2D eigenvalue weighted by Crippen LogP contribution is -2.16. The van der Waals surface area contributed by atoms with E-state index in [2.05, 4.69) is 5.10 Å². The minimum absolute atomic E-state index is 0.0682.